The van der Waals surface area contributed by atoms with Crippen LogP contribution in [0.5, 0.6) is 0 Å². The summed E-state index contributed by atoms with van der Waals surface area (Å²) in [6.45, 7) is 9.73. The highest BCUT2D eigenvalue weighted by Crippen LogP contribution is 2.25. The zero-order valence-electron chi connectivity index (χ0n) is 15.8. The van der Waals surface area contributed by atoms with Gasteiger partial charge in [0.05, 0.1) is 10.5 Å². The van der Waals surface area contributed by atoms with Crippen LogP contribution in [-0.4, -0.2) is 50.4 Å². The molecule has 0 heterocycles. The molecule has 1 aliphatic carbocycles. The van der Waals surface area contributed by atoms with Crippen molar-refractivity contribution < 1.29 is 13.2 Å². The SMILES string of the molecule is CC(C)N(CCNC(=O)c1cc(S(=O)(=O)NC2CC2)ccc1Br)C(C)C. The van der Waals surface area contributed by atoms with Crippen molar-refractivity contribution in [2.24, 2.45) is 0 Å². The van der Waals surface area contributed by atoms with E-state index < -0.39 is 10.0 Å². The number of carbonyl (C=O) groups is 1. The molecule has 1 fully saturated rings. The first kappa shape index (κ1) is 21.3. The van der Waals surface area contributed by atoms with Crippen LogP contribution >= 0.6 is 15.9 Å². The number of benzene rings is 1. The summed E-state index contributed by atoms with van der Waals surface area (Å²) in [5.74, 6) is -0.284. The number of halogens is 1. The van der Waals surface area contributed by atoms with E-state index >= 15 is 0 Å². The molecule has 1 aromatic rings. The van der Waals surface area contributed by atoms with Crippen LogP contribution in [0.4, 0.5) is 0 Å². The molecule has 0 aliphatic heterocycles. The van der Waals surface area contributed by atoms with Crippen molar-refractivity contribution in [2.45, 2.75) is 63.6 Å². The molecule has 6 nitrogen and oxygen atoms in total. The molecule has 26 heavy (non-hydrogen) atoms. The molecule has 146 valence electrons. The number of hydrogen-bond donors (Lipinski definition) is 2. The molecule has 2 N–H and O–H groups in total. The van der Waals surface area contributed by atoms with Crippen LogP contribution in [0.1, 0.15) is 50.9 Å². The number of nitrogens with zero attached hydrogens (tertiary/aromatic N) is 1. The lowest BCUT2D eigenvalue weighted by Gasteiger charge is -2.30. The molecule has 0 saturated heterocycles. The lowest BCUT2D eigenvalue weighted by Crippen LogP contribution is -2.42. The first-order valence-corrected chi connectivity index (χ1v) is 11.2. The Morgan fingerprint density at radius 1 is 1.23 bits per heavy atom. The summed E-state index contributed by atoms with van der Waals surface area (Å²) in [6.07, 6.45) is 1.73. The van der Waals surface area contributed by atoms with Crippen molar-refractivity contribution in [1.29, 1.82) is 0 Å². The van der Waals surface area contributed by atoms with Crippen molar-refractivity contribution in [3.63, 3.8) is 0 Å². The molecule has 0 unspecified atom stereocenters. The maximum absolute atomic E-state index is 12.5. The van der Waals surface area contributed by atoms with E-state index in [1.165, 1.54) is 12.1 Å². The van der Waals surface area contributed by atoms with Crippen LogP contribution in [0.3, 0.4) is 0 Å². The van der Waals surface area contributed by atoms with Gasteiger partial charge in [-0.1, -0.05) is 0 Å². The predicted molar refractivity (Wildman–Crippen MR) is 107 cm³/mol. The second-order valence-electron chi connectivity index (χ2n) is 7.22. The fourth-order valence-electron chi connectivity index (χ4n) is 2.84. The third kappa shape index (κ3) is 5.77. The Morgan fingerprint density at radius 3 is 2.38 bits per heavy atom. The maximum atomic E-state index is 12.5. The zero-order chi connectivity index (χ0) is 19.5. The van der Waals surface area contributed by atoms with Gasteiger partial charge in [0.25, 0.3) is 5.91 Å². The largest absolute Gasteiger partial charge is 0.351 e. The van der Waals surface area contributed by atoms with Gasteiger partial charge in [0, 0.05) is 35.7 Å². The minimum Gasteiger partial charge on any atom is -0.351 e. The molecule has 8 heteroatoms. The summed E-state index contributed by atoms with van der Waals surface area (Å²) in [5, 5.41) is 2.89. The van der Waals surface area contributed by atoms with Crippen molar-refractivity contribution in [1.82, 2.24) is 14.9 Å². The summed E-state index contributed by atoms with van der Waals surface area (Å²) < 4.78 is 27.9. The van der Waals surface area contributed by atoms with Crippen LogP contribution in [0.15, 0.2) is 27.6 Å². The van der Waals surface area contributed by atoms with E-state index in [1.54, 1.807) is 6.07 Å². The fraction of sp³-hybridized carbons (Fsp3) is 0.611. The van der Waals surface area contributed by atoms with Gasteiger partial charge in [-0.3, -0.25) is 9.69 Å². The van der Waals surface area contributed by atoms with Crippen molar-refractivity contribution in [3.05, 3.63) is 28.2 Å². The molecular weight excluding hydrogens is 418 g/mol. The van der Waals surface area contributed by atoms with E-state index in [4.69, 9.17) is 0 Å². The quantitative estimate of drug-likeness (QED) is 0.612. The van der Waals surface area contributed by atoms with E-state index in [0.717, 1.165) is 19.4 Å². The molecule has 0 aromatic heterocycles. The number of hydrogen-bond acceptors (Lipinski definition) is 4. The molecule has 2 rings (SSSR count). The van der Waals surface area contributed by atoms with Gasteiger partial charge in [0.1, 0.15) is 0 Å². The zero-order valence-corrected chi connectivity index (χ0v) is 18.2. The Labute approximate surface area is 164 Å². The second-order valence-corrected chi connectivity index (χ2v) is 9.79. The summed E-state index contributed by atoms with van der Waals surface area (Å²) in [6, 6.07) is 5.34. The topological polar surface area (TPSA) is 78.5 Å². The highest BCUT2D eigenvalue weighted by Gasteiger charge is 2.28. The molecule has 1 aromatic carbocycles. The van der Waals surface area contributed by atoms with Gasteiger partial charge in [-0.05, 0) is 74.7 Å². The first-order chi connectivity index (χ1) is 12.1. The summed E-state index contributed by atoms with van der Waals surface area (Å²) in [4.78, 5) is 14.9. The van der Waals surface area contributed by atoms with Crippen LogP contribution < -0.4 is 10.0 Å². The average Bonchev–Trinajstić information content (AvgIpc) is 3.33. The van der Waals surface area contributed by atoms with Gasteiger partial charge in [0.2, 0.25) is 10.0 Å². The van der Waals surface area contributed by atoms with E-state index in [-0.39, 0.29) is 16.8 Å². The van der Waals surface area contributed by atoms with Crippen molar-refractivity contribution in [2.75, 3.05) is 13.1 Å². The second kappa shape index (κ2) is 8.82. The summed E-state index contributed by atoms with van der Waals surface area (Å²) in [7, 11) is -3.59. The molecule has 1 saturated carbocycles. The molecule has 0 spiro atoms. The third-order valence-electron chi connectivity index (χ3n) is 4.37. The van der Waals surface area contributed by atoms with E-state index in [9.17, 15) is 13.2 Å². The average molecular weight is 446 g/mol. The minimum absolute atomic E-state index is 0.0268. The van der Waals surface area contributed by atoms with Crippen molar-refractivity contribution in [3.8, 4) is 0 Å². The maximum Gasteiger partial charge on any atom is 0.252 e. The fourth-order valence-corrected chi connectivity index (χ4v) is 4.60. The number of amides is 1. The summed E-state index contributed by atoms with van der Waals surface area (Å²) >= 11 is 3.34. The Morgan fingerprint density at radius 2 is 1.85 bits per heavy atom. The Bertz CT molecular complexity index is 738. The van der Waals surface area contributed by atoms with Crippen LogP contribution in [0.25, 0.3) is 0 Å². The third-order valence-corrected chi connectivity index (χ3v) is 6.58. The van der Waals surface area contributed by atoms with Gasteiger partial charge in [-0.25, -0.2) is 13.1 Å². The monoisotopic (exact) mass is 445 g/mol. The molecular formula is C18H28BrN3O3S. The Kier molecular flexibility index (Phi) is 7.24. The van der Waals surface area contributed by atoms with Gasteiger partial charge < -0.3 is 5.32 Å². The normalized spacial score (nSPS) is 15.1. The van der Waals surface area contributed by atoms with Gasteiger partial charge in [-0.15, -0.1) is 0 Å². The molecule has 0 atom stereocenters. The number of sulfonamides is 1. The van der Waals surface area contributed by atoms with E-state index in [0.29, 0.717) is 28.7 Å². The molecule has 1 amide bonds. The highest BCUT2D eigenvalue weighted by atomic mass is 79.9. The van der Waals surface area contributed by atoms with Gasteiger partial charge in [0.15, 0.2) is 0 Å². The van der Waals surface area contributed by atoms with Crippen LogP contribution in [0, 0.1) is 0 Å². The molecule has 0 bridgehead atoms. The lowest BCUT2D eigenvalue weighted by atomic mass is 10.2. The van der Waals surface area contributed by atoms with Gasteiger partial charge >= 0.3 is 0 Å². The van der Waals surface area contributed by atoms with Crippen molar-refractivity contribution >= 4 is 31.9 Å². The van der Waals surface area contributed by atoms with E-state index in [1.807, 2.05) is 0 Å². The Balaban J connectivity index is 2.05. The minimum atomic E-state index is -3.59. The van der Waals surface area contributed by atoms with Crippen LogP contribution in [-0.2, 0) is 10.0 Å². The smallest absolute Gasteiger partial charge is 0.252 e. The van der Waals surface area contributed by atoms with Gasteiger partial charge in [-0.2, -0.15) is 0 Å². The lowest BCUT2D eigenvalue weighted by molar-refractivity contribution is 0.0938. The molecule has 1 aliphatic rings. The predicted octanol–water partition coefficient (Wildman–Crippen LogP) is 2.74. The molecule has 0 radical (unpaired) electrons. The number of rotatable bonds is 9. The Hall–Kier alpha value is -0.960. The van der Waals surface area contributed by atoms with Crippen LogP contribution in [0.2, 0.25) is 0 Å². The first-order valence-electron chi connectivity index (χ1n) is 8.97. The van der Waals surface area contributed by atoms with E-state index in [2.05, 4.69) is 58.6 Å². The number of nitrogens with one attached hydrogen (secondary N) is 2. The highest BCUT2D eigenvalue weighted by molar-refractivity contribution is 9.10. The summed E-state index contributed by atoms with van der Waals surface area (Å²) in [5.41, 5.74) is 0.323. The standard InChI is InChI=1S/C18H28BrN3O3S/c1-12(2)22(13(3)4)10-9-20-18(23)16-11-15(7-8-17(16)19)26(24,25)21-14-5-6-14/h7-8,11-14,21H,5-6,9-10H2,1-4H3,(H,20,23). The number of carbonyl (C=O) groups excluding carboxylic acids is 1.